The standard InChI is InChI=1S/C22H27BrN4O3/c1-26(2)20-7-6-18(25-21(28)16-4-3-5-17(23)14-16)15-19(20)22(29)24-8-9-27-10-12-30-13-11-27/h3-7,14-15H,8-13H2,1-2H3,(H,24,29)(H,25,28). The lowest BCUT2D eigenvalue weighted by atomic mass is 10.1. The zero-order valence-corrected chi connectivity index (χ0v) is 18.9. The number of nitrogens with one attached hydrogen (secondary N) is 2. The zero-order chi connectivity index (χ0) is 21.5. The molecule has 2 aromatic rings. The Kier molecular flexibility index (Phi) is 7.84. The van der Waals surface area contributed by atoms with Crippen molar-refractivity contribution >= 4 is 39.1 Å². The third-order valence-corrected chi connectivity index (χ3v) is 5.38. The predicted molar refractivity (Wildman–Crippen MR) is 122 cm³/mol. The summed E-state index contributed by atoms with van der Waals surface area (Å²) in [5.41, 5.74) is 2.43. The minimum atomic E-state index is -0.229. The fourth-order valence-electron chi connectivity index (χ4n) is 3.27. The number of amides is 2. The molecule has 30 heavy (non-hydrogen) atoms. The molecule has 1 aliphatic heterocycles. The van der Waals surface area contributed by atoms with Gasteiger partial charge in [0.05, 0.1) is 18.8 Å². The maximum Gasteiger partial charge on any atom is 0.255 e. The van der Waals surface area contributed by atoms with E-state index < -0.39 is 0 Å². The Morgan fingerprint density at radius 1 is 1.10 bits per heavy atom. The number of benzene rings is 2. The number of morpholine rings is 1. The van der Waals surface area contributed by atoms with E-state index in [0.717, 1.165) is 43.0 Å². The lowest BCUT2D eigenvalue weighted by molar-refractivity contribution is 0.0383. The van der Waals surface area contributed by atoms with Gasteiger partial charge in [-0.1, -0.05) is 22.0 Å². The van der Waals surface area contributed by atoms with Crippen LogP contribution in [0, 0.1) is 0 Å². The molecule has 2 N–H and O–H groups in total. The molecule has 1 aliphatic rings. The highest BCUT2D eigenvalue weighted by atomic mass is 79.9. The fraction of sp³-hybridized carbons (Fsp3) is 0.364. The third kappa shape index (κ3) is 6.04. The topological polar surface area (TPSA) is 73.9 Å². The minimum Gasteiger partial charge on any atom is -0.379 e. The molecule has 1 heterocycles. The maximum absolute atomic E-state index is 12.9. The Hall–Kier alpha value is -2.42. The van der Waals surface area contributed by atoms with E-state index in [9.17, 15) is 9.59 Å². The van der Waals surface area contributed by atoms with Gasteiger partial charge < -0.3 is 20.3 Å². The number of rotatable bonds is 7. The number of hydrogen-bond donors (Lipinski definition) is 2. The summed E-state index contributed by atoms with van der Waals surface area (Å²) >= 11 is 3.38. The van der Waals surface area contributed by atoms with Crippen molar-refractivity contribution in [3.05, 3.63) is 58.1 Å². The molecular weight excluding hydrogens is 448 g/mol. The molecule has 0 saturated carbocycles. The van der Waals surface area contributed by atoms with Crippen molar-refractivity contribution in [2.24, 2.45) is 0 Å². The summed E-state index contributed by atoms with van der Waals surface area (Å²) in [4.78, 5) is 29.6. The number of hydrogen-bond acceptors (Lipinski definition) is 5. The number of halogens is 1. The van der Waals surface area contributed by atoms with Crippen LogP contribution in [-0.2, 0) is 4.74 Å². The molecule has 1 fully saturated rings. The van der Waals surface area contributed by atoms with Gasteiger partial charge in [-0.2, -0.15) is 0 Å². The van der Waals surface area contributed by atoms with Crippen LogP contribution in [0.3, 0.4) is 0 Å². The summed E-state index contributed by atoms with van der Waals surface area (Å²) in [5.74, 6) is -0.391. The van der Waals surface area contributed by atoms with Crippen LogP contribution in [-0.4, -0.2) is 70.2 Å². The van der Waals surface area contributed by atoms with Gasteiger partial charge in [0, 0.05) is 61.7 Å². The molecule has 0 bridgehead atoms. The summed E-state index contributed by atoms with van der Waals surface area (Å²) in [6.07, 6.45) is 0. The highest BCUT2D eigenvalue weighted by Crippen LogP contribution is 2.24. The summed E-state index contributed by atoms with van der Waals surface area (Å²) < 4.78 is 6.18. The molecule has 1 saturated heterocycles. The summed E-state index contributed by atoms with van der Waals surface area (Å²) in [6, 6.07) is 12.5. The van der Waals surface area contributed by atoms with Crippen LogP contribution < -0.4 is 15.5 Å². The second kappa shape index (κ2) is 10.6. The van der Waals surface area contributed by atoms with Crippen molar-refractivity contribution in [3.8, 4) is 0 Å². The SMILES string of the molecule is CN(C)c1ccc(NC(=O)c2cccc(Br)c2)cc1C(=O)NCCN1CCOCC1. The van der Waals surface area contributed by atoms with E-state index in [4.69, 9.17) is 4.74 Å². The van der Waals surface area contributed by atoms with Crippen LogP contribution in [0.15, 0.2) is 46.9 Å². The minimum absolute atomic E-state index is 0.162. The first-order valence-corrected chi connectivity index (χ1v) is 10.7. The Labute approximate surface area is 185 Å². The number of nitrogens with zero attached hydrogens (tertiary/aromatic N) is 2. The average molecular weight is 475 g/mol. The highest BCUT2D eigenvalue weighted by molar-refractivity contribution is 9.10. The largest absolute Gasteiger partial charge is 0.379 e. The lowest BCUT2D eigenvalue weighted by Crippen LogP contribution is -2.41. The third-order valence-electron chi connectivity index (χ3n) is 4.88. The molecule has 0 spiro atoms. The van der Waals surface area contributed by atoms with Crippen molar-refractivity contribution < 1.29 is 14.3 Å². The van der Waals surface area contributed by atoms with E-state index in [1.807, 2.05) is 37.2 Å². The quantitative estimate of drug-likeness (QED) is 0.645. The molecular formula is C22H27BrN4O3. The second-order valence-electron chi connectivity index (χ2n) is 7.30. The van der Waals surface area contributed by atoms with Crippen molar-refractivity contribution in [3.63, 3.8) is 0 Å². The molecule has 8 heteroatoms. The van der Waals surface area contributed by atoms with Gasteiger partial charge >= 0.3 is 0 Å². The van der Waals surface area contributed by atoms with Gasteiger partial charge in [0.2, 0.25) is 0 Å². The van der Waals surface area contributed by atoms with E-state index in [-0.39, 0.29) is 11.8 Å². The van der Waals surface area contributed by atoms with E-state index >= 15 is 0 Å². The first-order valence-electron chi connectivity index (χ1n) is 9.90. The Bertz CT molecular complexity index is 898. The molecule has 0 unspecified atom stereocenters. The van der Waals surface area contributed by atoms with Crippen molar-refractivity contribution in [1.29, 1.82) is 0 Å². The van der Waals surface area contributed by atoms with Crippen molar-refractivity contribution in [2.45, 2.75) is 0 Å². The molecule has 2 aromatic carbocycles. The molecule has 0 atom stereocenters. The first-order chi connectivity index (χ1) is 14.4. The maximum atomic E-state index is 12.9. The molecule has 0 aliphatic carbocycles. The van der Waals surface area contributed by atoms with Crippen molar-refractivity contribution in [2.75, 3.05) is 63.7 Å². The van der Waals surface area contributed by atoms with Crippen LogP contribution in [0.25, 0.3) is 0 Å². The molecule has 7 nitrogen and oxygen atoms in total. The Morgan fingerprint density at radius 3 is 2.57 bits per heavy atom. The van der Waals surface area contributed by atoms with Crippen LogP contribution >= 0.6 is 15.9 Å². The monoisotopic (exact) mass is 474 g/mol. The van der Waals surface area contributed by atoms with Gasteiger partial charge in [-0.25, -0.2) is 0 Å². The summed E-state index contributed by atoms with van der Waals surface area (Å²) in [6.45, 7) is 4.58. The van der Waals surface area contributed by atoms with E-state index in [0.29, 0.717) is 23.4 Å². The number of ether oxygens (including phenoxy) is 1. The Morgan fingerprint density at radius 2 is 1.87 bits per heavy atom. The van der Waals surface area contributed by atoms with Gasteiger partial charge in [0.25, 0.3) is 11.8 Å². The lowest BCUT2D eigenvalue weighted by Gasteiger charge is -2.26. The van der Waals surface area contributed by atoms with Crippen LogP contribution in [0.5, 0.6) is 0 Å². The van der Waals surface area contributed by atoms with Crippen molar-refractivity contribution in [1.82, 2.24) is 10.2 Å². The Balaban J connectivity index is 1.68. The van der Waals surface area contributed by atoms with Crippen LogP contribution in [0.4, 0.5) is 11.4 Å². The molecule has 160 valence electrons. The number of carbonyl (C=O) groups excluding carboxylic acids is 2. The predicted octanol–water partition coefficient (Wildman–Crippen LogP) is 2.83. The van der Waals surface area contributed by atoms with Crippen LogP contribution in [0.2, 0.25) is 0 Å². The first kappa shape index (κ1) is 22.3. The highest BCUT2D eigenvalue weighted by Gasteiger charge is 2.16. The molecule has 3 rings (SSSR count). The van der Waals surface area contributed by atoms with Gasteiger partial charge in [-0.05, 0) is 36.4 Å². The average Bonchev–Trinajstić information content (AvgIpc) is 2.74. The van der Waals surface area contributed by atoms with E-state index in [2.05, 4.69) is 31.5 Å². The smallest absolute Gasteiger partial charge is 0.255 e. The van der Waals surface area contributed by atoms with Gasteiger partial charge in [0.1, 0.15) is 0 Å². The molecule has 2 amide bonds. The van der Waals surface area contributed by atoms with Gasteiger partial charge in [0.15, 0.2) is 0 Å². The van der Waals surface area contributed by atoms with E-state index in [1.165, 1.54) is 0 Å². The number of carbonyl (C=O) groups is 2. The van der Waals surface area contributed by atoms with Gasteiger partial charge in [-0.3, -0.25) is 14.5 Å². The zero-order valence-electron chi connectivity index (χ0n) is 17.3. The second-order valence-corrected chi connectivity index (χ2v) is 8.22. The molecule has 0 radical (unpaired) electrons. The summed E-state index contributed by atoms with van der Waals surface area (Å²) in [7, 11) is 3.78. The van der Waals surface area contributed by atoms with Crippen LogP contribution in [0.1, 0.15) is 20.7 Å². The van der Waals surface area contributed by atoms with E-state index in [1.54, 1.807) is 24.3 Å². The van der Waals surface area contributed by atoms with Gasteiger partial charge in [-0.15, -0.1) is 0 Å². The fourth-order valence-corrected chi connectivity index (χ4v) is 3.67. The number of anilines is 2. The molecule has 0 aromatic heterocycles. The normalized spacial score (nSPS) is 14.2. The summed E-state index contributed by atoms with van der Waals surface area (Å²) in [5, 5.41) is 5.87.